The van der Waals surface area contributed by atoms with Crippen LogP contribution in [0.1, 0.15) is 22.8 Å². The van der Waals surface area contributed by atoms with Gasteiger partial charge in [0.15, 0.2) is 46.5 Å². The monoisotopic (exact) mass is 762 g/mol. The molecule has 2 aliphatic rings. The van der Waals surface area contributed by atoms with Crippen LogP contribution in [-0.2, 0) is 0 Å². The minimum Gasteiger partial charge on any atom is -0.354 e. The summed E-state index contributed by atoms with van der Waals surface area (Å²) in [5.74, 6) is -8.81. The van der Waals surface area contributed by atoms with Gasteiger partial charge in [0.05, 0.1) is 94.6 Å². The van der Waals surface area contributed by atoms with Crippen LogP contribution in [0.3, 0.4) is 0 Å². The number of pyridine rings is 4. The molecule has 2 N–H and O–H groups in total. The maximum Gasteiger partial charge on any atom is 0.152 e. The lowest BCUT2D eigenvalue weighted by Crippen LogP contribution is -1.97. The first-order chi connectivity index (χ1) is 27.1. The van der Waals surface area contributed by atoms with Gasteiger partial charge in [0.25, 0.3) is 0 Å². The number of aromatic nitrogens is 8. The summed E-state index contributed by atoms with van der Waals surface area (Å²) < 4.78 is 125. The molecule has 7 aromatic rings. The van der Waals surface area contributed by atoms with E-state index >= 15 is 35.1 Å². The quantitative estimate of drug-likeness (QED) is 0.173. The van der Waals surface area contributed by atoms with Gasteiger partial charge in [0.1, 0.15) is 0 Å². The fourth-order valence-electron chi connectivity index (χ4n) is 6.86. The molecule has 0 amide bonds. The Morgan fingerprint density at radius 2 is 0.482 bits per heavy atom. The van der Waals surface area contributed by atoms with E-state index in [0.717, 1.165) is 49.6 Å². The molecule has 8 nitrogen and oxygen atoms in total. The van der Waals surface area contributed by atoms with Crippen molar-refractivity contribution in [1.82, 2.24) is 39.9 Å². The zero-order chi connectivity index (χ0) is 38.8. The summed E-state index contributed by atoms with van der Waals surface area (Å²) in [4.78, 5) is 29.5. The van der Waals surface area contributed by atoms with Crippen molar-refractivity contribution in [3.63, 3.8) is 0 Å². The molecule has 16 heteroatoms. The van der Waals surface area contributed by atoms with Gasteiger partial charge in [-0.1, -0.05) is 0 Å². The molecule has 0 unspecified atom stereocenters. The van der Waals surface area contributed by atoms with Crippen molar-refractivity contribution in [3.8, 4) is 44.5 Å². The lowest BCUT2D eigenvalue weighted by Gasteiger charge is -2.09. The number of halogens is 8. The zero-order valence-electron chi connectivity index (χ0n) is 27.9. The lowest BCUT2D eigenvalue weighted by molar-refractivity contribution is 0.578. The summed E-state index contributed by atoms with van der Waals surface area (Å²) >= 11 is 0. The highest BCUT2D eigenvalue weighted by molar-refractivity contribution is 6.00. The van der Waals surface area contributed by atoms with Gasteiger partial charge in [-0.15, -0.1) is 0 Å². The van der Waals surface area contributed by atoms with Gasteiger partial charge in [-0.05, 0) is 48.6 Å². The molecule has 0 radical (unpaired) electrons. The summed E-state index contributed by atoms with van der Waals surface area (Å²) in [7, 11) is 0. The molecular formula is C40H18F8N8. The molecule has 56 heavy (non-hydrogen) atoms. The third kappa shape index (κ3) is 5.52. The number of nitrogens with zero attached hydrogens (tertiary/aromatic N) is 6. The summed E-state index contributed by atoms with van der Waals surface area (Å²) in [6, 6.07) is 5.50. The Kier molecular flexibility index (Phi) is 8.10. The topological polar surface area (TPSA) is 109 Å². The molecular weight excluding hydrogens is 744 g/mol. The van der Waals surface area contributed by atoms with Crippen LogP contribution in [-0.4, -0.2) is 39.9 Å². The molecule has 9 heterocycles. The fourth-order valence-corrected chi connectivity index (χ4v) is 6.86. The first kappa shape index (κ1) is 34.4. The van der Waals surface area contributed by atoms with Gasteiger partial charge < -0.3 is 9.97 Å². The Hall–Kier alpha value is -7.36. The first-order valence-electron chi connectivity index (χ1n) is 16.4. The molecule has 2 aliphatic heterocycles. The van der Waals surface area contributed by atoms with E-state index in [1.807, 2.05) is 0 Å². The second-order valence-electron chi connectivity index (χ2n) is 12.4. The minimum atomic E-state index is -1.10. The third-order valence-corrected chi connectivity index (χ3v) is 9.17. The molecule has 9 rings (SSSR count). The maximum absolute atomic E-state index is 15.6. The van der Waals surface area contributed by atoms with Gasteiger partial charge in [-0.2, -0.15) is 0 Å². The third-order valence-electron chi connectivity index (χ3n) is 9.17. The second-order valence-corrected chi connectivity index (χ2v) is 12.4. The van der Waals surface area contributed by atoms with Gasteiger partial charge in [0.2, 0.25) is 0 Å². The maximum atomic E-state index is 15.6. The van der Waals surface area contributed by atoms with Crippen LogP contribution in [0, 0.1) is 46.5 Å². The molecule has 0 atom stereocenters. The number of H-pyrrole nitrogens is 2. The van der Waals surface area contributed by atoms with Crippen molar-refractivity contribution in [2.45, 2.75) is 0 Å². The van der Waals surface area contributed by atoms with Crippen LogP contribution in [0.5, 0.6) is 0 Å². The van der Waals surface area contributed by atoms with E-state index in [1.54, 1.807) is 0 Å². The van der Waals surface area contributed by atoms with Crippen LogP contribution >= 0.6 is 0 Å². The van der Waals surface area contributed by atoms with Crippen LogP contribution in [0.4, 0.5) is 35.1 Å². The van der Waals surface area contributed by atoms with E-state index in [0.29, 0.717) is 0 Å². The van der Waals surface area contributed by atoms with Crippen molar-refractivity contribution in [3.05, 3.63) is 143 Å². The van der Waals surface area contributed by atoms with Crippen LogP contribution < -0.4 is 0 Å². The van der Waals surface area contributed by atoms with Crippen molar-refractivity contribution in [1.29, 1.82) is 0 Å². The molecule has 0 aliphatic carbocycles. The number of aromatic amines is 2. The fraction of sp³-hybridized carbons (Fsp3) is 0. The van der Waals surface area contributed by atoms with E-state index in [4.69, 9.17) is 0 Å². The number of hydrogen-bond donors (Lipinski definition) is 2. The van der Waals surface area contributed by atoms with Crippen molar-refractivity contribution < 1.29 is 35.1 Å². The number of nitrogens with one attached hydrogen (secondary N) is 2. The summed E-state index contributed by atoms with van der Waals surface area (Å²) in [6.07, 6.45) is 11.6. The van der Waals surface area contributed by atoms with Gasteiger partial charge in [-0.3, -0.25) is 19.9 Å². The Balaban J connectivity index is 1.55. The number of hydrogen-bond acceptors (Lipinski definition) is 6. The van der Waals surface area contributed by atoms with Crippen molar-refractivity contribution in [2.24, 2.45) is 0 Å². The Bertz CT molecular complexity index is 2570. The van der Waals surface area contributed by atoms with E-state index in [1.165, 1.54) is 48.6 Å². The molecule has 8 bridgehead atoms. The van der Waals surface area contributed by atoms with E-state index in [2.05, 4.69) is 39.9 Å². The average Bonchev–Trinajstić information content (AvgIpc) is 4.00. The van der Waals surface area contributed by atoms with E-state index in [9.17, 15) is 0 Å². The van der Waals surface area contributed by atoms with Gasteiger partial charge >= 0.3 is 0 Å². The van der Waals surface area contributed by atoms with Crippen LogP contribution in [0.15, 0.2) is 73.8 Å². The highest BCUT2D eigenvalue weighted by Gasteiger charge is 2.26. The molecule has 274 valence electrons. The lowest BCUT2D eigenvalue weighted by atomic mass is 10.0. The predicted octanol–water partition coefficient (Wildman–Crippen LogP) is 10.0. The predicted molar refractivity (Wildman–Crippen MR) is 191 cm³/mol. The van der Waals surface area contributed by atoms with Crippen LogP contribution in [0.25, 0.3) is 90.9 Å². The smallest absolute Gasteiger partial charge is 0.152 e. The highest BCUT2D eigenvalue weighted by atomic mass is 19.2. The molecule has 0 aromatic carbocycles. The molecule has 0 saturated carbocycles. The summed E-state index contributed by atoms with van der Waals surface area (Å²) in [5.41, 5.74) is -3.64. The Labute approximate surface area is 308 Å². The minimum absolute atomic E-state index is 0.0157. The largest absolute Gasteiger partial charge is 0.354 e. The van der Waals surface area contributed by atoms with Crippen molar-refractivity contribution >= 4 is 46.4 Å². The Morgan fingerprint density at radius 3 is 0.679 bits per heavy atom. The standard InChI is InChI=1S/C40H18F8N8/c41-17-9-49-10-18(42)33(17)37-25-1-2-26(53-25)38(34-19(43)11-50-12-20(34)44)28-5-6-30(55-28)40(36-23(47)15-52-16-24(36)48)32-8-7-31(56-32)39(29-4-3-27(37)54-29)35-21(45)13-51-14-22(35)46/h1-16,53,56H. The number of fused-ring (bicyclic) bond motifs is 8. The highest BCUT2D eigenvalue weighted by Crippen LogP contribution is 2.41. The Morgan fingerprint density at radius 1 is 0.286 bits per heavy atom. The zero-order valence-corrected chi connectivity index (χ0v) is 27.9. The average molecular weight is 763 g/mol. The molecule has 0 spiro atoms. The summed E-state index contributed by atoms with van der Waals surface area (Å²) in [6.45, 7) is 0. The van der Waals surface area contributed by atoms with Gasteiger partial charge in [-0.25, -0.2) is 45.1 Å². The molecule has 7 aromatic heterocycles. The van der Waals surface area contributed by atoms with Crippen LogP contribution in [0.2, 0.25) is 0 Å². The SMILES string of the molecule is Fc1cncc(F)c1-c1c2nc(c(-c3c(F)cncc3F)c3ccc([nH]3)c(-c3c(F)cncc3F)c3nc(c(-c4c(F)cncc4F)c4ccc1[nH]4)C=C3)C=C2. The molecule has 0 saturated heterocycles. The van der Waals surface area contributed by atoms with Gasteiger partial charge in [0, 0.05) is 44.3 Å². The first-order valence-corrected chi connectivity index (χ1v) is 16.4. The second kappa shape index (κ2) is 13.2. The molecule has 0 fully saturated rings. The number of rotatable bonds is 4. The van der Waals surface area contributed by atoms with E-state index < -0.39 is 68.8 Å². The van der Waals surface area contributed by atoms with E-state index in [-0.39, 0.29) is 67.1 Å². The van der Waals surface area contributed by atoms with Crippen molar-refractivity contribution in [2.75, 3.05) is 0 Å². The summed E-state index contributed by atoms with van der Waals surface area (Å²) in [5, 5.41) is 0. The normalized spacial score (nSPS) is 12.1.